The monoisotopic (exact) mass is 374 g/mol. The van der Waals surface area contributed by atoms with Crippen molar-refractivity contribution in [2.45, 2.75) is 50.5 Å². The van der Waals surface area contributed by atoms with E-state index >= 15 is 0 Å². The molecule has 3 heterocycles. The normalized spacial score (nSPS) is 25.5. The van der Waals surface area contributed by atoms with Gasteiger partial charge >= 0.3 is 6.18 Å². The third-order valence-corrected chi connectivity index (χ3v) is 5.81. The van der Waals surface area contributed by atoms with Crippen LogP contribution in [0, 0.1) is 5.92 Å². The van der Waals surface area contributed by atoms with Gasteiger partial charge in [-0.05, 0) is 43.4 Å². The molecular formula is C21H21F3N2O. The van der Waals surface area contributed by atoms with Gasteiger partial charge in [0.15, 0.2) is 5.78 Å². The lowest BCUT2D eigenvalue weighted by Gasteiger charge is -2.38. The number of carbonyl (C=O) groups is 1. The topological polar surface area (TPSA) is 33.2 Å². The second-order valence-electron chi connectivity index (χ2n) is 7.47. The highest BCUT2D eigenvalue weighted by atomic mass is 19.4. The second kappa shape index (κ2) is 7.08. The van der Waals surface area contributed by atoms with Crippen LogP contribution in [-0.2, 0) is 12.7 Å². The van der Waals surface area contributed by atoms with E-state index in [0.29, 0.717) is 12.8 Å². The van der Waals surface area contributed by atoms with Crippen molar-refractivity contribution in [3.05, 3.63) is 65.5 Å². The van der Waals surface area contributed by atoms with Crippen LogP contribution in [0.15, 0.2) is 48.7 Å². The van der Waals surface area contributed by atoms with Gasteiger partial charge in [-0.1, -0.05) is 30.3 Å². The highest BCUT2D eigenvalue weighted by molar-refractivity contribution is 5.97. The van der Waals surface area contributed by atoms with Crippen molar-refractivity contribution >= 4 is 5.78 Å². The highest BCUT2D eigenvalue weighted by Crippen LogP contribution is 2.41. The van der Waals surface area contributed by atoms with Gasteiger partial charge in [-0.3, -0.25) is 14.7 Å². The Kier molecular flexibility index (Phi) is 4.76. The number of benzene rings is 1. The number of carbonyl (C=O) groups excluding carboxylic acids is 1. The van der Waals surface area contributed by atoms with E-state index in [-0.39, 0.29) is 18.0 Å². The van der Waals surface area contributed by atoms with E-state index < -0.39 is 23.2 Å². The Labute approximate surface area is 156 Å². The third kappa shape index (κ3) is 3.63. The first-order chi connectivity index (χ1) is 12.9. The number of rotatable bonds is 4. The molecule has 0 radical (unpaired) electrons. The Hall–Kier alpha value is -2.21. The number of hydrogen-bond donors (Lipinski definition) is 0. The van der Waals surface area contributed by atoms with Gasteiger partial charge in [0.2, 0.25) is 0 Å². The Morgan fingerprint density at radius 1 is 1.04 bits per heavy atom. The van der Waals surface area contributed by atoms with Crippen LogP contribution < -0.4 is 0 Å². The number of hydrogen-bond acceptors (Lipinski definition) is 3. The molecule has 2 aromatic rings. The molecule has 1 aromatic heterocycles. The summed E-state index contributed by atoms with van der Waals surface area (Å²) in [6.45, 7) is 0.828. The maximum absolute atomic E-state index is 13.2. The Morgan fingerprint density at radius 2 is 1.70 bits per heavy atom. The molecule has 4 rings (SSSR count). The molecule has 6 heteroatoms. The molecule has 27 heavy (non-hydrogen) atoms. The molecular weight excluding hydrogens is 353 g/mol. The first-order valence-electron chi connectivity index (χ1n) is 9.29. The van der Waals surface area contributed by atoms with E-state index in [1.807, 2.05) is 18.2 Å². The quantitative estimate of drug-likeness (QED) is 0.726. The molecule has 2 aliphatic heterocycles. The van der Waals surface area contributed by atoms with Crippen LogP contribution in [0.5, 0.6) is 0 Å². The zero-order chi connectivity index (χ0) is 19.0. The van der Waals surface area contributed by atoms with E-state index in [1.165, 1.54) is 17.8 Å². The van der Waals surface area contributed by atoms with Gasteiger partial charge in [0.05, 0.1) is 5.56 Å². The predicted octanol–water partition coefficient (Wildman–Crippen LogP) is 4.73. The van der Waals surface area contributed by atoms with Crippen molar-refractivity contribution in [3.8, 4) is 0 Å². The molecule has 0 N–H and O–H groups in total. The van der Waals surface area contributed by atoms with E-state index in [1.54, 1.807) is 0 Å². The minimum Gasteiger partial charge on any atom is -0.293 e. The molecule has 3 nitrogen and oxygen atoms in total. The standard InChI is InChI=1S/C21H21F3N2O/c22-21(23,24)18-7-4-10-25-19(18)20(27)15-11-16-8-9-17(12-15)26(16)13-14-5-2-1-3-6-14/h1-7,10,15-17H,8-9,11-13H2. The molecule has 2 fully saturated rings. The van der Waals surface area contributed by atoms with Gasteiger partial charge in [-0.15, -0.1) is 0 Å². The van der Waals surface area contributed by atoms with Crippen molar-refractivity contribution in [1.82, 2.24) is 9.88 Å². The lowest BCUT2D eigenvalue weighted by Crippen LogP contribution is -2.44. The second-order valence-corrected chi connectivity index (χ2v) is 7.47. The molecule has 2 atom stereocenters. The van der Waals surface area contributed by atoms with Crippen molar-refractivity contribution in [3.63, 3.8) is 0 Å². The molecule has 2 aliphatic rings. The minimum atomic E-state index is -4.56. The molecule has 0 spiro atoms. The maximum atomic E-state index is 13.2. The first-order valence-corrected chi connectivity index (χ1v) is 9.29. The lowest BCUT2D eigenvalue weighted by molar-refractivity contribution is -0.138. The van der Waals surface area contributed by atoms with Gasteiger partial charge in [0.25, 0.3) is 0 Å². The van der Waals surface area contributed by atoms with Gasteiger partial charge < -0.3 is 0 Å². The fraction of sp³-hybridized carbons (Fsp3) is 0.429. The molecule has 2 unspecified atom stereocenters. The van der Waals surface area contributed by atoms with Crippen LogP contribution in [0.2, 0.25) is 0 Å². The third-order valence-electron chi connectivity index (χ3n) is 5.81. The summed E-state index contributed by atoms with van der Waals surface area (Å²) in [5, 5.41) is 0. The number of piperidine rings is 1. The van der Waals surface area contributed by atoms with E-state index in [9.17, 15) is 18.0 Å². The van der Waals surface area contributed by atoms with Crippen molar-refractivity contribution in [2.24, 2.45) is 5.92 Å². The summed E-state index contributed by atoms with van der Waals surface area (Å²) in [6, 6.07) is 12.8. The smallest absolute Gasteiger partial charge is 0.293 e. The molecule has 1 aromatic carbocycles. The minimum absolute atomic E-state index is 0.246. The molecule has 0 aliphatic carbocycles. The summed E-state index contributed by atoms with van der Waals surface area (Å²) in [6.07, 6.45) is -0.0921. The zero-order valence-corrected chi connectivity index (χ0v) is 14.8. The van der Waals surface area contributed by atoms with E-state index in [2.05, 4.69) is 22.0 Å². The molecule has 142 valence electrons. The van der Waals surface area contributed by atoms with Crippen LogP contribution in [0.4, 0.5) is 13.2 Å². The largest absolute Gasteiger partial charge is 0.418 e. The van der Waals surface area contributed by atoms with Crippen LogP contribution in [0.3, 0.4) is 0 Å². The number of alkyl halides is 3. The van der Waals surface area contributed by atoms with E-state index in [4.69, 9.17) is 0 Å². The molecule has 2 saturated heterocycles. The number of Topliss-reactive ketones (excluding diaryl/α,β-unsaturated/α-hetero) is 1. The summed E-state index contributed by atoms with van der Waals surface area (Å²) in [7, 11) is 0. The predicted molar refractivity (Wildman–Crippen MR) is 95.1 cm³/mol. The van der Waals surface area contributed by atoms with Gasteiger partial charge in [0, 0.05) is 30.7 Å². The number of ketones is 1. The first kappa shape index (κ1) is 18.2. The fourth-order valence-corrected chi connectivity index (χ4v) is 4.56. The molecule has 2 bridgehead atoms. The highest BCUT2D eigenvalue weighted by Gasteiger charge is 2.45. The zero-order valence-electron chi connectivity index (χ0n) is 14.8. The summed E-state index contributed by atoms with van der Waals surface area (Å²) < 4.78 is 39.7. The average Bonchev–Trinajstić information content (AvgIpc) is 2.89. The number of pyridine rings is 1. The van der Waals surface area contributed by atoms with Gasteiger partial charge in [0.1, 0.15) is 5.69 Å². The molecule has 0 amide bonds. The summed E-state index contributed by atoms with van der Waals surface area (Å²) in [5.41, 5.74) is -0.122. The van der Waals surface area contributed by atoms with Crippen LogP contribution in [-0.4, -0.2) is 27.8 Å². The summed E-state index contributed by atoms with van der Waals surface area (Å²) in [4.78, 5) is 19.1. The lowest BCUT2D eigenvalue weighted by atomic mass is 9.85. The van der Waals surface area contributed by atoms with Gasteiger partial charge in [-0.2, -0.15) is 13.2 Å². The number of fused-ring (bicyclic) bond motifs is 2. The van der Waals surface area contributed by atoms with Crippen LogP contribution in [0.25, 0.3) is 0 Å². The Morgan fingerprint density at radius 3 is 2.33 bits per heavy atom. The maximum Gasteiger partial charge on any atom is 0.418 e. The van der Waals surface area contributed by atoms with Crippen molar-refractivity contribution in [2.75, 3.05) is 0 Å². The number of halogens is 3. The van der Waals surface area contributed by atoms with E-state index in [0.717, 1.165) is 25.5 Å². The Balaban J connectivity index is 1.51. The van der Waals surface area contributed by atoms with Crippen LogP contribution >= 0.6 is 0 Å². The number of aromatic nitrogens is 1. The molecule has 0 saturated carbocycles. The summed E-state index contributed by atoms with van der Waals surface area (Å²) >= 11 is 0. The Bertz CT molecular complexity index is 808. The number of nitrogens with zero attached hydrogens (tertiary/aromatic N) is 2. The average molecular weight is 374 g/mol. The van der Waals surface area contributed by atoms with Crippen LogP contribution in [0.1, 0.15) is 47.3 Å². The van der Waals surface area contributed by atoms with Gasteiger partial charge in [-0.25, -0.2) is 0 Å². The fourth-order valence-electron chi connectivity index (χ4n) is 4.56. The van der Waals surface area contributed by atoms with Crippen molar-refractivity contribution < 1.29 is 18.0 Å². The SMILES string of the molecule is O=C(c1ncccc1C(F)(F)F)C1CC2CCC(C1)N2Cc1ccccc1. The summed E-state index contributed by atoms with van der Waals surface area (Å²) in [5.74, 6) is -0.843. The van der Waals surface area contributed by atoms with Crippen molar-refractivity contribution in [1.29, 1.82) is 0 Å².